The smallest absolute Gasteiger partial charge is 0.273 e. The Kier molecular flexibility index (Phi) is 4.20. The predicted molar refractivity (Wildman–Crippen MR) is 75.8 cm³/mol. The van der Waals surface area contributed by atoms with Gasteiger partial charge in [-0.2, -0.15) is 0 Å². The maximum atomic E-state index is 12.3. The molecule has 0 heterocycles. The van der Waals surface area contributed by atoms with E-state index in [2.05, 4.69) is 0 Å². The van der Waals surface area contributed by atoms with Crippen molar-refractivity contribution in [2.24, 2.45) is 0 Å². The van der Waals surface area contributed by atoms with Crippen molar-refractivity contribution in [1.29, 1.82) is 0 Å². The number of benzene rings is 2. The Labute approximate surface area is 120 Å². The highest BCUT2D eigenvalue weighted by atomic mass is 32.2. The van der Waals surface area contributed by atoms with Crippen LogP contribution in [0.3, 0.4) is 0 Å². The largest absolute Gasteiger partial charge is 0.291 e. The summed E-state index contributed by atoms with van der Waals surface area (Å²) in [5.41, 5.74) is 1.71. The zero-order chi connectivity index (χ0) is 15.5. The summed E-state index contributed by atoms with van der Waals surface area (Å²) >= 11 is 0. The van der Waals surface area contributed by atoms with Gasteiger partial charge in [0.15, 0.2) is 9.84 Å². The first-order valence-corrected chi connectivity index (χ1v) is 7.54. The summed E-state index contributed by atoms with van der Waals surface area (Å²) in [4.78, 5) is 10.4. The van der Waals surface area contributed by atoms with Crippen molar-refractivity contribution in [1.82, 2.24) is 0 Å². The Bertz CT molecular complexity index is 759. The highest BCUT2D eigenvalue weighted by Gasteiger charge is 2.22. The van der Waals surface area contributed by atoms with Crippen molar-refractivity contribution in [2.45, 2.75) is 10.6 Å². The SMILES string of the molecule is O=[N+]([O-])c1ccc(NO)cc1CS(=O)(=O)c1ccccc1. The topological polar surface area (TPSA) is 110 Å². The molecule has 21 heavy (non-hydrogen) atoms. The third-order valence-electron chi connectivity index (χ3n) is 2.85. The molecule has 0 bridgehead atoms. The molecule has 0 saturated carbocycles. The van der Waals surface area contributed by atoms with Gasteiger partial charge in [-0.3, -0.25) is 20.8 Å². The molecule has 2 aromatic carbocycles. The van der Waals surface area contributed by atoms with Crippen LogP contribution in [0.2, 0.25) is 0 Å². The number of hydrogen-bond acceptors (Lipinski definition) is 6. The lowest BCUT2D eigenvalue weighted by Gasteiger charge is -2.07. The molecule has 2 rings (SSSR count). The summed E-state index contributed by atoms with van der Waals surface area (Å²) in [5.74, 6) is -0.525. The van der Waals surface area contributed by atoms with Gasteiger partial charge in [0.2, 0.25) is 0 Å². The van der Waals surface area contributed by atoms with Gasteiger partial charge in [0.05, 0.1) is 21.3 Å². The lowest BCUT2D eigenvalue weighted by Crippen LogP contribution is -2.07. The number of nitrogens with zero attached hydrogens (tertiary/aromatic N) is 1. The zero-order valence-corrected chi connectivity index (χ0v) is 11.6. The maximum Gasteiger partial charge on any atom is 0.273 e. The van der Waals surface area contributed by atoms with Crippen LogP contribution in [-0.2, 0) is 15.6 Å². The molecule has 2 N–H and O–H groups in total. The number of sulfone groups is 1. The van der Waals surface area contributed by atoms with Crippen molar-refractivity contribution in [3.8, 4) is 0 Å². The average Bonchev–Trinajstić information content (AvgIpc) is 2.47. The van der Waals surface area contributed by atoms with Crippen molar-refractivity contribution in [2.75, 3.05) is 5.48 Å². The average molecular weight is 308 g/mol. The number of nitro groups is 1. The van der Waals surface area contributed by atoms with Crippen LogP contribution in [0.25, 0.3) is 0 Å². The summed E-state index contributed by atoms with van der Waals surface area (Å²) in [7, 11) is -3.71. The molecule has 0 aromatic heterocycles. The van der Waals surface area contributed by atoms with Gasteiger partial charge >= 0.3 is 0 Å². The van der Waals surface area contributed by atoms with E-state index in [0.29, 0.717) is 0 Å². The van der Waals surface area contributed by atoms with Crippen molar-refractivity contribution in [3.63, 3.8) is 0 Å². The fourth-order valence-corrected chi connectivity index (χ4v) is 3.24. The molecule has 0 saturated heterocycles. The van der Waals surface area contributed by atoms with Crippen LogP contribution in [0, 0.1) is 10.1 Å². The Morgan fingerprint density at radius 1 is 1.14 bits per heavy atom. The van der Waals surface area contributed by atoms with Gasteiger partial charge in [-0.25, -0.2) is 8.42 Å². The van der Waals surface area contributed by atoms with Crippen molar-refractivity contribution in [3.05, 3.63) is 64.2 Å². The third-order valence-corrected chi connectivity index (χ3v) is 4.53. The third kappa shape index (κ3) is 3.36. The van der Waals surface area contributed by atoms with E-state index in [9.17, 15) is 18.5 Å². The Morgan fingerprint density at radius 3 is 2.38 bits per heavy atom. The highest BCUT2D eigenvalue weighted by Crippen LogP contribution is 2.26. The van der Waals surface area contributed by atoms with Crippen LogP contribution in [0.1, 0.15) is 5.56 Å². The molecule has 0 unspecified atom stereocenters. The molecule has 7 nitrogen and oxygen atoms in total. The van der Waals surface area contributed by atoms with Crippen LogP contribution < -0.4 is 5.48 Å². The summed E-state index contributed by atoms with van der Waals surface area (Å²) in [5, 5.41) is 19.8. The van der Waals surface area contributed by atoms with Crippen LogP contribution in [0.5, 0.6) is 0 Å². The van der Waals surface area contributed by atoms with Gasteiger partial charge in [0.25, 0.3) is 5.69 Å². The van der Waals surface area contributed by atoms with Gasteiger partial charge in [0.1, 0.15) is 0 Å². The summed E-state index contributed by atoms with van der Waals surface area (Å²) in [6, 6.07) is 11.4. The second kappa shape index (κ2) is 5.90. The monoisotopic (exact) mass is 308 g/mol. The fourth-order valence-electron chi connectivity index (χ4n) is 1.86. The lowest BCUT2D eigenvalue weighted by molar-refractivity contribution is -0.385. The van der Waals surface area contributed by atoms with E-state index in [0.717, 1.165) is 6.07 Å². The lowest BCUT2D eigenvalue weighted by atomic mass is 10.2. The van der Waals surface area contributed by atoms with E-state index in [4.69, 9.17) is 5.21 Å². The molecule has 0 radical (unpaired) electrons. The van der Waals surface area contributed by atoms with Gasteiger partial charge in [-0.1, -0.05) is 18.2 Å². The minimum atomic E-state index is -3.71. The van der Waals surface area contributed by atoms with Crippen LogP contribution in [-0.4, -0.2) is 18.5 Å². The normalized spacial score (nSPS) is 11.1. The molecule has 110 valence electrons. The number of nitro benzene ring substituents is 1. The first-order chi connectivity index (χ1) is 9.94. The summed E-state index contributed by atoms with van der Waals surface area (Å²) in [6.45, 7) is 0. The Balaban J connectivity index is 2.45. The molecular formula is C13H12N2O5S. The number of nitrogens with one attached hydrogen (secondary N) is 1. The Hall–Kier alpha value is -2.45. The number of rotatable bonds is 5. The molecule has 0 atom stereocenters. The Morgan fingerprint density at radius 2 is 1.81 bits per heavy atom. The zero-order valence-electron chi connectivity index (χ0n) is 10.8. The van der Waals surface area contributed by atoms with E-state index in [1.165, 1.54) is 24.3 Å². The van der Waals surface area contributed by atoms with Gasteiger partial charge in [-0.15, -0.1) is 0 Å². The second-order valence-corrected chi connectivity index (χ2v) is 6.27. The molecule has 0 aliphatic heterocycles. The predicted octanol–water partition coefficient (Wildman–Crippen LogP) is 2.37. The first-order valence-electron chi connectivity index (χ1n) is 5.89. The minimum Gasteiger partial charge on any atom is -0.291 e. The van der Waals surface area contributed by atoms with Crippen LogP contribution in [0.15, 0.2) is 53.4 Å². The number of hydrogen-bond donors (Lipinski definition) is 2. The van der Waals surface area contributed by atoms with Gasteiger partial charge < -0.3 is 0 Å². The molecule has 2 aromatic rings. The maximum absolute atomic E-state index is 12.3. The van der Waals surface area contributed by atoms with E-state index < -0.39 is 20.5 Å². The summed E-state index contributed by atoms with van der Waals surface area (Å²) in [6.07, 6.45) is 0. The van der Waals surface area contributed by atoms with Gasteiger partial charge in [-0.05, 0) is 24.3 Å². The standard InChI is InChI=1S/C13H12N2O5S/c16-14-11-6-7-13(15(17)18)10(8-11)9-21(19,20)12-4-2-1-3-5-12/h1-8,14,16H,9H2. The highest BCUT2D eigenvalue weighted by molar-refractivity contribution is 7.90. The minimum absolute atomic E-state index is 0.00269. The molecule has 0 spiro atoms. The van der Waals surface area contributed by atoms with E-state index in [1.807, 2.05) is 5.48 Å². The molecule has 0 fully saturated rings. The van der Waals surface area contributed by atoms with E-state index in [-0.39, 0.29) is 21.8 Å². The molecule has 8 heteroatoms. The van der Waals surface area contributed by atoms with Crippen LogP contribution in [0.4, 0.5) is 11.4 Å². The second-order valence-electron chi connectivity index (χ2n) is 4.28. The van der Waals surface area contributed by atoms with Crippen LogP contribution >= 0.6 is 0 Å². The van der Waals surface area contributed by atoms with Crippen molar-refractivity contribution < 1.29 is 18.5 Å². The van der Waals surface area contributed by atoms with Gasteiger partial charge in [0, 0.05) is 11.6 Å². The molecule has 0 aliphatic carbocycles. The molecule has 0 aliphatic rings. The quantitative estimate of drug-likeness (QED) is 0.648. The fraction of sp³-hybridized carbons (Fsp3) is 0.0769. The number of anilines is 1. The molecular weight excluding hydrogens is 296 g/mol. The summed E-state index contributed by atoms with van der Waals surface area (Å²) < 4.78 is 24.5. The molecule has 0 amide bonds. The first kappa shape index (κ1) is 14.9. The van der Waals surface area contributed by atoms with E-state index >= 15 is 0 Å². The van der Waals surface area contributed by atoms with Crippen molar-refractivity contribution >= 4 is 21.2 Å². The van der Waals surface area contributed by atoms with E-state index in [1.54, 1.807) is 18.2 Å².